The fourth-order valence-corrected chi connectivity index (χ4v) is 2.59. The Balaban J connectivity index is 0.000000156. The lowest BCUT2D eigenvalue weighted by Crippen LogP contribution is -1.94. The number of ether oxygens (including phenoxy) is 1. The van der Waals surface area contributed by atoms with E-state index in [1.165, 1.54) is 5.56 Å². The van der Waals surface area contributed by atoms with E-state index in [2.05, 4.69) is 12.1 Å². The number of phenols is 1. The molecule has 0 fully saturated rings. The van der Waals surface area contributed by atoms with Crippen molar-refractivity contribution in [1.82, 2.24) is 0 Å². The Morgan fingerprint density at radius 1 is 0.556 bits per heavy atom. The van der Waals surface area contributed by atoms with Crippen LogP contribution in [-0.2, 0) is 6.61 Å². The van der Waals surface area contributed by atoms with Crippen molar-refractivity contribution < 1.29 is 9.84 Å². The predicted octanol–water partition coefficient (Wildman–Crippen LogP) is 6.32. The van der Waals surface area contributed by atoms with Crippen molar-refractivity contribution in [3.05, 3.63) is 121 Å². The molecule has 134 valence electrons. The number of aromatic hydroxyl groups is 1. The van der Waals surface area contributed by atoms with Crippen LogP contribution in [0, 0.1) is 0 Å². The van der Waals surface area contributed by atoms with E-state index in [0.717, 1.165) is 16.9 Å². The van der Waals surface area contributed by atoms with Crippen molar-refractivity contribution in [1.29, 1.82) is 0 Å². The van der Waals surface area contributed by atoms with Gasteiger partial charge in [-0.3, -0.25) is 0 Å². The normalized spacial score (nSPS) is 9.78. The highest BCUT2D eigenvalue weighted by molar-refractivity contribution is 5.69. The molecule has 0 aliphatic rings. The summed E-state index contributed by atoms with van der Waals surface area (Å²) in [6.07, 6.45) is 0. The number of rotatable bonds is 4. The van der Waals surface area contributed by atoms with Crippen LogP contribution in [0.1, 0.15) is 5.56 Å². The topological polar surface area (TPSA) is 29.5 Å². The molecule has 0 spiro atoms. The van der Waals surface area contributed by atoms with Crippen LogP contribution in [-0.4, -0.2) is 5.11 Å². The van der Waals surface area contributed by atoms with Gasteiger partial charge in [0.15, 0.2) is 0 Å². The third-order valence-corrected chi connectivity index (χ3v) is 3.98. The Labute approximate surface area is 160 Å². The predicted molar refractivity (Wildman–Crippen MR) is 111 cm³/mol. The Kier molecular flexibility index (Phi) is 6.66. The second-order valence-corrected chi connectivity index (χ2v) is 5.97. The van der Waals surface area contributed by atoms with E-state index in [1.54, 1.807) is 6.07 Å². The van der Waals surface area contributed by atoms with Gasteiger partial charge in [0.1, 0.15) is 18.1 Å². The van der Waals surface area contributed by atoms with Gasteiger partial charge >= 0.3 is 0 Å². The Hall–Kier alpha value is -3.52. The van der Waals surface area contributed by atoms with Crippen LogP contribution >= 0.6 is 0 Å². The highest BCUT2D eigenvalue weighted by atomic mass is 16.5. The van der Waals surface area contributed by atoms with Gasteiger partial charge in [0, 0.05) is 5.56 Å². The van der Waals surface area contributed by atoms with Crippen LogP contribution in [0.5, 0.6) is 11.5 Å². The van der Waals surface area contributed by atoms with E-state index in [-0.39, 0.29) is 0 Å². The molecule has 0 amide bonds. The number of benzene rings is 4. The van der Waals surface area contributed by atoms with Gasteiger partial charge in [0.05, 0.1) is 0 Å². The molecule has 4 rings (SSSR count). The molecule has 0 radical (unpaired) electrons. The zero-order valence-electron chi connectivity index (χ0n) is 15.0. The number of hydrogen-bond acceptors (Lipinski definition) is 2. The summed E-state index contributed by atoms with van der Waals surface area (Å²) in [5.41, 5.74) is 3.11. The summed E-state index contributed by atoms with van der Waals surface area (Å²) >= 11 is 0. The highest BCUT2D eigenvalue weighted by Gasteiger charge is 2.00. The first kappa shape index (κ1) is 18.3. The first-order valence-corrected chi connectivity index (χ1v) is 8.88. The first-order chi connectivity index (χ1) is 13.3. The molecule has 0 aliphatic carbocycles. The van der Waals surface area contributed by atoms with Crippen molar-refractivity contribution >= 4 is 0 Å². The molecular formula is C25H22O2. The molecule has 1 N–H and O–H groups in total. The summed E-state index contributed by atoms with van der Waals surface area (Å²) in [7, 11) is 0. The molecule has 0 aromatic heterocycles. The lowest BCUT2D eigenvalue weighted by atomic mass is 10.1. The molecule has 2 heteroatoms. The zero-order valence-corrected chi connectivity index (χ0v) is 15.0. The van der Waals surface area contributed by atoms with E-state index in [4.69, 9.17) is 4.74 Å². The van der Waals surface area contributed by atoms with Gasteiger partial charge in [-0.05, 0) is 29.3 Å². The average Bonchev–Trinajstić information content (AvgIpc) is 2.75. The van der Waals surface area contributed by atoms with Gasteiger partial charge in [-0.25, -0.2) is 0 Å². The van der Waals surface area contributed by atoms with Crippen LogP contribution in [0.3, 0.4) is 0 Å². The van der Waals surface area contributed by atoms with E-state index in [1.807, 2.05) is 97.1 Å². The monoisotopic (exact) mass is 354 g/mol. The van der Waals surface area contributed by atoms with E-state index in [0.29, 0.717) is 12.4 Å². The van der Waals surface area contributed by atoms with Crippen molar-refractivity contribution in [2.24, 2.45) is 0 Å². The highest BCUT2D eigenvalue weighted by Crippen LogP contribution is 2.27. The SMILES string of the molecule is Oc1ccccc1-c1ccccc1.c1ccc(COc2ccccc2)cc1. The van der Waals surface area contributed by atoms with E-state index < -0.39 is 0 Å². The molecule has 0 bridgehead atoms. The molecule has 4 aromatic carbocycles. The minimum Gasteiger partial charge on any atom is -0.507 e. The van der Waals surface area contributed by atoms with Gasteiger partial charge < -0.3 is 9.84 Å². The summed E-state index contributed by atoms with van der Waals surface area (Å²) in [4.78, 5) is 0. The van der Waals surface area contributed by atoms with Gasteiger partial charge in [0.2, 0.25) is 0 Å². The number of para-hydroxylation sites is 2. The molecule has 27 heavy (non-hydrogen) atoms. The minimum atomic E-state index is 0.328. The van der Waals surface area contributed by atoms with Gasteiger partial charge in [-0.15, -0.1) is 0 Å². The van der Waals surface area contributed by atoms with Crippen LogP contribution in [0.15, 0.2) is 115 Å². The molecule has 0 unspecified atom stereocenters. The van der Waals surface area contributed by atoms with E-state index >= 15 is 0 Å². The Bertz CT molecular complexity index is 880. The molecule has 2 nitrogen and oxygen atoms in total. The van der Waals surface area contributed by atoms with Crippen molar-refractivity contribution in [3.8, 4) is 22.6 Å². The van der Waals surface area contributed by atoms with Crippen LogP contribution in [0.2, 0.25) is 0 Å². The molecule has 4 aromatic rings. The van der Waals surface area contributed by atoms with Crippen molar-refractivity contribution in [2.45, 2.75) is 6.61 Å². The van der Waals surface area contributed by atoms with Gasteiger partial charge in [-0.2, -0.15) is 0 Å². The smallest absolute Gasteiger partial charge is 0.123 e. The molecule has 0 heterocycles. The average molecular weight is 354 g/mol. The molecule has 0 saturated heterocycles. The Morgan fingerprint density at radius 3 is 1.70 bits per heavy atom. The first-order valence-electron chi connectivity index (χ1n) is 8.88. The molecule has 0 saturated carbocycles. The second-order valence-electron chi connectivity index (χ2n) is 5.97. The van der Waals surface area contributed by atoms with Crippen LogP contribution < -0.4 is 4.74 Å². The molecule has 0 aliphatic heterocycles. The van der Waals surface area contributed by atoms with Gasteiger partial charge in [-0.1, -0.05) is 97.1 Å². The third-order valence-electron chi connectivity index (χ3n) is 3.98. The fourth-order valence-electron chi connectivity index (χ4n) is 2.59. The Morgan fingerprint density at radius 2 is 1.07 bits per heavy atom. The minimum absolute atomic E-state index is 0.328. The summed E-state index contributed by atoms with van der Waals surface area (Å²) in [6.45, 7) is 0.630. The summed E-state index contributed by atoms with van der Waals surface area (Å²) in [5, 5.41) is 9.56. The second kappa shape index (κ2) is 9.83. The lowest BCUT2D eigenvalue weighted by molar-refractivity contribution is 0.306. The largest absolute Gasteiger partial charge is 0.507 e. The zero-order chi connectivity index (χ0) is 18.7. The quantitative estimate of drug-likeness (QED) is 0.464. The molecular weight excluding hydrogens is 332 g/mol. The standard InChI is InChI=1S/C13H12O.C12H10O/c1-3-7-12(8-4-1)11-14-13-9-5-2-6-10-13;13-12-9-5-4-8-11(12)10-6-2-1-3-7-10/h1-10H,11H2;1-9,13H. The maximum absolute atomic E-state index is 9.56. The summed E-state index contributed by atoms with van der Waals surface area (Å²) in [6, 6.07) is 37.2. The number of phenolic OH excluding ortho intramolecular Hbond substituents is 1. The van der Waals surface area contributed by atoms with Crippen molar-refractivity contribution in [3.63, 3.8) is 0 Å². The third kappa shape index (κ3) is 5.75. The van der Waals surface area contributed by atoms with Gasteiger partial charge in [0.25, 0.3) is 0 Å². The summed E-state index contributed by atoms with van der Waals surface area (Å²) < 4.78 is 5.59. The van der Waals surface area contributed by atoms with Crippen molar-refractivity contribution in [2.75, 3.05) is 0 Å². The lowest BCUT2D eigenvalue weighted by Gasteiger charge is -2.05. The van der Waals surface area contributed by atoms with E-state index in [9.17, 15) is 5.11 Å². The maximum Gasteiger partial charge on any atom is 0.123 e. The fraction of sp³-hybridized carbons (Fsp3) is 0.0400. The summed E-state index contributed by atoms with van der Waals surface area (Å²) in [5.74, 6) is 1.24. The van der Waals surface area contributed by atoms with Crippen LogP contribution in [0.4, 0.5) is 0 Å². The van der Waals surface area contributed by atoms with Crippen LogP contribution in [0.25, 0.3) is 11.1 Å². The molecule has 0 atom stereocenters. The number of hydrogen-bond donors (Lipinski definition) is 1. The maximum atomic E-state index is 9.56.